The Morgan fingerprint density at radius 3 is 2.50 bits per heavy atom. The van der Waals surface area contributed by atoms with Gasteiger partial charge >= 0.3 is 6.03 Å². The molecule has 2 aromatic heterocycles. The van der Waals surface area contributed by atoms with Crippen LogP contribution in [0.5, 0.6) is 11.5 Å². The van der Waals surface area contributed by atoms with Gasteiger partial charge in [0, 0.05) is 30.2 Å². The van der Waals surface area contributed by atoms with E-state index in [-0.39, 0.29) is 30.3 Å². The van der Waals surface area contributed by atoms with E-state index in [0.29, 0.717) is 22.3 Å². The average molecular weight is 501 g/mol. The van der Waals surface area contributed by atoms with Gasteiger partial charge in [-0.15, -0.1) is 0 Å². The third-order valence-electron chi connectivity index (χ3n) is 5.45. The average Bonchev–Trinajstić information content (AvgIpc) is 3.31. The van der Waals surface area contributed by atoms with Crippen LogP contribution >= 0.6 is 0 Å². The SMILES string of the molecule is COc1cc(OC)c(F)c(N2Cc3cnc4[nH]ncc4c3N(C(C=NCC(C)(C)O)=CN)C2=O)c1F. The predicted molar refractivity (Wildman–Crippen MR) is 129 cm³/mol. The summed E-state index contributed by atoms with van der Waals surface area (Å²) in [6.45, 7) is 2.93. The Morgan fingerprint density at radius 2 is 1.92 bits per heavy atom. The molecule has 190 valence electrons. The zero-order chi connectivity index (χ0) is 26.2. The van der Waals surface area contributed by atoms with E-state index in [4.69, 9.17) is 15.2 Å². The van der Waals surface area contributed by atoms with E-state index >= 15 is 8.78 Å². The number of halogens is 2. The fourth-order valence-corrected chi connectivity index (χ4v) is 3.82. The molecular formula is C23H25F2N7O4. The molecule has 11 nitrogen and oxygen atoms in total. The smallest absolute Gasteiger partial charge is 0.334 e. The molecule has 1 aliphatic heterocycles. The topological polar surface area (TPSA) is 142 Å². The van der Waals surface area contributed by atoms with Gasteiger partial charge in [-0.1, -0.05) is 0 Å². The van der Waals surface area contributed by atoms with Gasteiger partial charge in [0.25, 0.3) is 0 Å². The molecule has 0 saturated heterocycles. The predicted octanol–water partition coefficient (Wildman–Crippen LogP) is 2.84. The summed E-state index contributed by atoms with van der Waals surface area (Å²) < 4.78 is 40.8. The number of allylic oxidation sites excluding steroid dienone is 1. The molecular weight excluding hydrogens is 476 g/mol. The number of aromatic nitrogens is 3. The van der Waals surface area contributed by atoms with E-state index in [9.17, 15) is 9.90 Å². The number of ether oxygens (including phenoxy) is 2. The Kier molecular flexibility index (Phi) is 6.50. The summed E-state index contributed by atoms with van der Waals surface area (Å²) in [4.78, 5) is 24.4. The molecule has 0 atom stereocenters. The fraction of sp³-hybridized carbons (Fsp3) is 0.304. The molecule has 1 aliphatic rings. The second-order valence-electron chi connectivity index (χ2n) is 8.60. The van der Waals surface area contributed by atoms with Crippen LogP contribution in [-0.2, 0) is 6.54 Å². The zero-order valence-electron chi connectivity index (χ0n) is 20.0. The van der Waals surface area contributed by atoms with Crippen LogP contribution in [0.1, 0.15) is 19.4 Å². The van der Waals surface area contributed by atoms with Crippen molar-refractivity contribution in [3.63, 3.8) is 0 Å². The van der Waals surface area contributed by atoms with Crippen LogP contribution in [0.4, 0.5) is 25.0 Å². The van der Waals surface area contributed by atoms with Crippen molar-refractivity contribution in [1.29, 1.82) is 0 Å². The standard InChI is InChI=1S/C23H25F2N7O4/c1-23(2,34)11-27-8-13(6-26)32-19-12(7-28-21-14(19)9-29-30-21)10-31(22(32)33)20-17(24)15(35-3)5-16(36-4)18(20)25/h5-9,34H,10-11,26H2,1-4H3,(H,28,29,30). The monoisotopic (exact) mass is 501 g/mol. The number of amides is 2. The van der Waals surface area contributed by atoms with Gasteiger partial charge in [0.05, 0.1) is 55.9 Å². The maximum Gasteiger partial charge on any atom is 0.334 e. The molecule has 2 amide bonds. The van der Waals surface area contributed by atoms with Gasteiger partial charge in [0.1, 0.15) is 5.69 Å². The Bertz CT molecular complexity index is 1350. The number of carbonyl (C=O) groups excluding carboxylic acids is 1. The lowest BCUT2D eigenvalue weighted by Crippen LogP contribution is -2.48. The number of aromatic amines is 1. The van der Waals surface area contributed by atoms with Crippen molar-refractivity contribution in [2.24, 2.45) is 10.7 Å². The highest BCUT2D eigenvalue weighted by Gasteiger charge is 2.39. The van der Waals surface area contributed by atoms with Gasteiger partial charge in [-0.2, -0.15) is 5.10 Å². The van der Waals surface area contributed by atoms with Crippen LogP contribution in [-0.4, -0.2) is 58.9 Å². The van der Waals surface area contributed by atoms with Crippen molar-refractivity contribution in [1.82, 2.24) is 15.2 Å². The van der Waals surface area contributed by atoms with Crippen molar-refractivity contribution >= 4 is 34.7 Å². The lowest BCUT2D eigenvalue weighted by Gasteiger charge is -2.37. The summed E-state index contributed by atoms with van der Waals surface area (Å²) in [5, 5.41) is 17.2. The van der Waals surface area contributed by atoms with Gasteiger partial charge in [-0.3, -0.25) is 19.9 Å². The second kappa shape index (κ2) is 9.41. The zero-order valence-corrected chi connectivity index (χ0v) is 20.0. The number of rotatable bonds is 7. The van der Waals surface area contributed by atoms with Gasteiger partial charge < -0.3 is 20.3 Å². The van der Waals surface area contributed by atoms with Crippen molar-refractivity contribution in [3.8, 4) is 11.5 Å². The van der Waals surface area contributed by atoms with Gasteiger partial charge in [0.15, 0.2) is 28.8 Å². The minimum atomic E-state index is -1.11. The van der Waals surface area contributed by atoms with Crippen LogP contribution in [0.15, 0.2) is 35.3 Å². The number of H-pyrrole nitrogens is 1. The molecule has 36 heavy (non-hydrogen) atoms. The highest BCUT2D eigenvalue weighted by atomic mass is 19.1. The summed E-state index contributed by atoms with van der Waals surface area (Å²) >= 11 is 0. The Balaban J connectivity index is 1.92. The Labute approximate surface area is 204 Å². The molecule has 0 radical (unpaired) electrons. The molecule has 4 N–H and O–H groups in total. The number of hydrogen-bond donors (Lipinski definition) is 3. The minimum absolute atomic E-state index is 0.0107. The highest BCUT2D eigenvalue weighted by molar-refractivity contribution is 6.16. The van der Waals surface area contributed by atoms with E-state index in [1.54, 1.807) is 13.8 Å². The van der Waals surface area contributed by atoms with Crippen molar-refractivity contribution in [2.45, 2.75) is 26.0 Å². The Hall–Kier alpha value is -4.26. The van der Waals surface area contributed by atoms with Crippen molar-refractivity contribution in [2.75, 3.05) is 30.6 Å². The first-order valence-corrected chi connectivity index (χ1v) is 10.8. The fourth-order valence-electron chi connectivity index (χ4n) is 3.82. The van der Waals surface area contributed by atoms with Crippen LogP contribution in [0.25, 0.3) is 11.0 Å². The van der Waals surface area contributed by atoms with Crippen LogP contribution in [0.2, 0.25) is 0 Å². The number of methoxy groups -OCH3 is 2. The first-order valence-electron chi connectivity index (χ1n) is 10.8. The third-order valence-corrected chi connectivity index (χ3v) is 5.45. The normalized spacial score (nSPS) is 14.6. The number of nitrogens with zero attached hydrogens (tertiary/aromatic N) is 5. The summed E-state index contributed by atoms with van der Waals surface area (Å²) in [6.07, 6.45) is 5.38. The van der Waals surface area contributed by atoms with Crippen LogP contribution in [0.3, 0.4) is 0 Å². The lowest BCUT2D eigenvalue weighted by molar-refractivity contribution is 0.0906. The molecule has 4 rings (SSSR count). The van der Waals surface area contributed by atoms with E-state index in [1.807, 2.05) is 0 Å². The molecule has 0 aliphatic carbocycles. The number of fused-ring (bicyclic) bond motifs is 3. The molecule has 0 spiro atoms. The van der Waals surface area contributed by atoms with Gasteiger partial charge in [0.2, 0.25) is 0 Å². The number of anilines is 2. The van der Waals surface area contributed by atoms with Crippen molar-refractivity contribution < 1.29 is 28.2 Å². The second-order valence-corrected chi connectivity index (χ2v) is 8.60. The number of aliphatic imine (C=N–C) groups is 1. The maximum atomic E-state index is 15.4. The quantitative estimate of drug-likeness (QED) is 0.423. The highest BCUT2D eigenvalue weighted by Crippen LogP contribution is 2.43. The van der Waals surface area contributed by atoms with Gasteiger partial charge in [-0.25, -0.2) is 18.6 Å². The first-order chi connectivity index (χ1) is 17.1. The van der Waals surface area contributed by atoms with E-state index in [0.717, 1.165) is 22.1 Å². The number of hydrogen-bond acceptors (Lipinski definition) is 8. The number of aliphatic hydroxyl groups is 1. The van der Waals surface area contributed by atoms with Crippen LogP contribution in [0, 0.1) is 11.6 Å². The summed E-state index contributed by atoms with van der Waals surface area (Å²) in [5.41, 5.74) is 5.42. The van der Waals surface area contributed by atoms with E-state index in [2.05, 4.69) is 20.2 Å². The molecule has 0 saturated carbocycles. The minimum Gasteiger partial charge on any atom is -0.493 e. The van der Waals surface area contributed by atoms with Gasteiger partial charge in [-0.05, 0) is 13.8 Å². The number of urea groups is 1. The third kappa shape index (κ3) is 4.28. The molecule has 3 heterocycles. The number of pyridine rings is 1. The molecule has 0 bridgehead atoms. The number of benzene rings is 1. The molecule has 0 fully saturated rings. The summed E-state index contributed by atoms with van der Waals surface area (Å²) in [6, 6.07) is 0.232. The lowest BCUT2D eigenvalue weighted by atomic mass is 10.1. The largest absolute Gasteiger partial charge is 0.493 e. The van der Waals surface area contributed by atoms with Crippen LogP contribution < -0.4 is 25.0 Å². The van der Waals surface area contributed by atoms with E-state index in [1.165, 1.54) is 32.8 Å². The molecule has 0 unspecified atom stereocenters. The number of nitrogens with one attached hydrogen (secondary N) is 1. The summed E-state index contributed by atoms with van der Waals surface area (Å²) in [5.74, 6) is -2.78. The number of carbonyl (C=O) groups is 1. The van der Waals surface area contributed by atoms with Crippen molar-refractivity contribution in [3.05, 3.63) is 47.6 Å². The van der Waals surface area contributed by atoms with E-state index < -0.39 is 29.0 Å². The molecule has 3 aromatic rings. The molecule has 13 heteroatoms. The molecule has 1 aromatic carbocycles. The number of nitrogens with two attached hydrogens (primary N) is 1. The maximum absolute atomic E-state index is 15.4. The summed E-state index contributed by atoms with van der Waals surface area (Å²) in [7, 11) is 2.43. The Morgan fingerprint density at radius 1 is 1.25 bits per heavy atom. The first kappa shape index (κ1) is 24.9.